The zero-order valence-electron chi connectivity index (χ0n) is 11.5. The van der Waals surface area contributed by atoms with Crippen LogP contribution in [0.4, 0.5) is 8.78 Å². The zero-order valence-corrected chi connectivity index (χ0v) is 12.3. The second-order valence-corrected chi connectivity index (χ2v) is 7.20. The average molecular weight is 304 g/mol. The lowest BCUT2D eigenvalue weighted by molar-refractivity contribution is 0.219. The molecule has 1 N–H and O–H groups in total. The predicted molar refractivity (Wildman–Crippen MR) is 71.8 cm³/mol. The second kappa shape index (κ2) is 5.38. The lowest BCUT2D eigenvalue weighted by Gasteiger charge is -2.38. The second-order valence-electron chi connectivity index (χ2n) is 5.29. The van der Waals surface area contributed by atoms with E-state index in [-0.39, 0.29) is 5.54 Å². The fraction of sp³-hybridized carbons (Fsp3) is 0.538. The maximum absolute atomic E-state index is 13.7. The standard InChI is InChI=1S/C13H18F2N2O2S/c1-13(16-2)5-7-17(8-6-13)20(18,19)12-4-3-10(14)9-11(12)15/h3-4,9,16H,5-8H2,1-2H3. The van der Waals surface area contributed by atoms with Gasteiger partial charge in [-0.05, 0) is 38.9 Å². The molecule has 0 radical (unpaired) electrons. The summed E-state index contributed by atoms with van der Waals surface area (Å²) in [7, 11) is -2.07. The van der Waals surface area contributed by atoms with Crippen LogP contribution in [0.25, 0.3) is 0 Å². The van der Waals surface area contributed by atoms with Crippen LogP contribution >= 0.6 is 0 Å². The number of piperidine rings is 1. The highest BCUT2D eigenvalue weighted by Gasteiger charge is 2.35. The van der Waals surface area contributed by atoms with Gasteiger partial charge in [0.05, 0.1) is 0 Å². The highest BCUT2D eigenvalue weighted by molar-refractivity contribution is 7.89. The van der Waals surface area contributed by atoms with Crippen LogP contribution in [0.15, 0.2) is 23.1 Å². The molecule has 4 nitrogen and oxygen atoms in total. The number of hydrogen-bond acceptors (Lipinski definition) is 3. The minimum atomic E-state index is -3.90. The summed E-state index contributed by atoms with van der Waals surface area (Å²) < 4.78 is 52.5. The molecule has 1 heterocycles. The Kier molecular flexibility index (Phi) is 4.13. The van der Waals surface area contributed by atoms with Crippen molar-refractivity contribution < 1.29 is 17.2 Å². The van der Waals surface area contributed by atoms with E-state index in [2.05, 4.69) is 5.32 Å². The topological polar surface area (TPSA) is 49.4 Å². The van der Waals surface area contributed by atoms with Crippen molar-refractivity contribution >= 4 is 10.0 Å². The van der Waals surface area contributed by atoms with E-state index in [1.165, 1.54) is 4.31 Å². The molecule has 0 spiro atoms. The van der Waals surface area contributed by atoms with Crippen molar-refractivity contribution in [3.8, 4) is 0 Å². The maximum Gasteiger partial charge on any atom is 0.245 e. The first-order valence-corrected chi connectivity index (χ1v) is 7.87. The van der Waals surface area contributed by atoms with Gasteiger partial charge >= 0.3 is 0 Å². The molecular weight excluding hydrogens is 286 g/mol. The van der Waals surface area contributed by atoms with Gasteiger partial charge in [-0.2, -0.15) is 4.31 Å². The molecule has 0 aromatic heterocycles. The number of halogens is 2. The minimum absolute atomic E-state index is 0.104. The van der Waals surface area contributed by atoms with E-state index < -0.39 is 26.6 Å². The lowest BCUT2D eigenvalue weighted by atomic mass is 9.91. The van der Waals surface area contributed by atoms with Crippen molar-refractivity contribution in [2.75, 3.05) is 20.1 Å². The van der Waals surface area contributed by atoms with Crippen LogP contribution in [0.3, 0.4) is 0 Å². The van der Waals surface area contributed by atoms with Gasteiger partial charge in [-0.1, -0.05) is 0 Å². The smallest absolute Gasteiger partial charge is 0.245 e. The molecule has 2 rings (SSSR count). The highest BCUT2D eigenvalue weighted by Crippen LogP contribution is 2.27. The Bertz CT molecular complexity index is 596. The molecule has 1 saturated heterocycles. The third-order valence-corrected chi connectivity index (χ3v) is 5.87. The Balaban J connectivity index is 2.24. The highest BCUT2D eigenvalue weighted by atomic mass is 32.2. The molecule has 0 unspecified atom stereocenters. The Labute approximate surface area is 117 Å². The van der Waals surface area contributed by atoms with Crippen LogP contribution in [-0.2, 0) is 10.0 Å². The predicted octanol–water partition coefficient (Wildman–Crippen LogP) is 1.73. The van der Waals surface area contributed by atoms with Gasteiger partial charge in [0.25, 0.3) is 0 Å². The first-order chi connectivity index (χ1) is 9.28. The zero-order chi connectivity index (χ0) is 15.0. The van der Waals surface area contributed by atoms with Crippen LogP contribution in [0.1, 0.15) is 19.8 Å². The summed E-state index contributed by atoms with van der Waals surface area (Å²) in [5, 5.41) is 3.17. The Morgan fingerprint density at radius 2 is 1.85 bits per heavy atom. The van der Waals surface area contributed by atoms with Crippen LogP contribution in [0, 0.1) is 11.6 Å². The van der Waals surface area contributed by atoms with Gasteiger partial charge < -0.3 is 5.32 Å². The molecule has 112 valence electrons. The number of nitrogens with one attached hydrogen (secondary N) is 1. The molecule has 7 heteroatoms. The van der Waals surface area contributed by atoms with E-state index in [4.69, 9.17) is 0 Å². The summed E-state index contributed by atoms with van der Waals surface area (Å²) in [6, 6.07) is 2.53. The Morgan fingerprint density at radius 1 is 1.25 bits per heavy atom. The fourth-order valence-electron chi connectivity index (χ4n) is 2.29. The van der Waals surface area contributed by atoms with Crippen LogP contribution < -0.4 is 5.32 Å². The summed E-state index contributed by atoms with van der Waals surface area (Å²) in [6.45, 7) is 2.66. The first-order valence-electron chi connectivity index (χ1n) is 6.43. The van der Waals surface area contributed by atoms with E-state index in [0.717, 1.165) is 12.1 Å². The van der Waals surface area contributed by atoms with E-state index in [1.54, 1.807) is 0 Å². The number of hydrogen-bond donors (Lipinski definition) is 1. The van der Waals surface area contributed by atoms with E-state index in [0.29, 0.717) is 32.0 Å². The molecule has 1 fully saturated rings. The molecule has 0 bridgehead atoms. The van der Waals surface area contributed by atoms with Gasteiger partial charge in [-0.15, -0.1) is 0 Å². The van der Waals surface area contributed by atoms with Crippen molar-refractivity contribution in [3.63, 3.8) is 0 Å². The maximum atomic E-state index is 13.7. The third-order valence-electron chi connectivity index (χ3n) is 3.94. The number of nitrogens with zero attached hydrogens (tertiary/aromatic N) is 1. The number of sulfonamides is 1. The molecule has 0 amide bonds. The molecule has 1 aliphatic rings. The molecule has 1 aromatic rings. The molecule has 1 aliphatic heterocycles. The van der Waals surface area contributed by atoms with Crippen molar-refractivity contribution in [1.82, 2.24) is 9.62 Å². The molecule has 20 heavy (non-hydrogen) atoms. The normalized spacial score (nSPS) is 20.0. The Morgan fingerprint density at radius 3 is 2.35 bits per heavy atom. The number of rotatable bonds is 3. The molecule has 0 saturated carbocycles. The van der Waals surface area contributed by atoms with Crippen molar-refractivity contribution in [2.45, 2.75) is 30.2 Å². The van der Waals surface area contributed by atoms with E-state index in [1.807, 2.05) is 14.0 Å². The van der Waals surface area contributed by atoms with Gasteiger partial charge in [0.15, 0.2) is 0 Å². The minimum Gasteiger partial charge on any atom is -0.314 e. The van der Waals surface area contributed by atoms with Gasteiger partial charge in [0.2, 0.25) is 10.0 Å². The van der Waals surface area contributed by atoms with Gasteiger partial charge in [-0.3, -0.25) is 0 Å². The summed E-state index contributed by atoms with van der Waals surface area (Å²) in [4.78, 5) is -0.466. The first kappa shape index (κ1) is 15.3. The summed E-state index contributed by atoms with van der Waals surface area (Å²) in [6.07, 6.45) is 1.29. The van der Waals surface area contributed by atoms with Gasteiger partial charge in [0.1, 0.15) is 16.5 Å². The molecule has 1 aromatic carbocycles. The molecule has 0 aliphatic carbocycles. The van der Waals surface area contributed by atoms with Crippen LogP contribution in [0.2, 0.25) is 0 Å². The van der Waals surface area contributed by atoms with Crippen molar-refractivity contribution in [1.29, 1.82) is 0 Å². The van der Waals surface area contributed by atoms with E-state index in [9.17, 15) is 17.2 Å². The van der Waals surface area contributed by atoms with Crippen LogP contribution in [-0.4, -0.2) is 38.4 Å². The largest absolute Gasteiger partial charge is 0.314 e. The van der Waals surface area contributed by atoms with Crippen molar-refractivity contribution in [3.05, 3.63) is 29.8 Å². The van der Waals surface area contributed by atoms with Gasteiger partial charge in [0, 0.05) is 24.7 Å². The SMILES string of the molecule is CNC1(C)CCN(S(=O)(=O)c2ccc(F)cc2F)CC1. The van der Waals surface area contributed by atoms with Gasteiger partial charge in [-0.25, -0.2) is 17.2 Å². The van der Waals surface area contributed by atoms with Crippen LogP contribution in [0.5, 0.6) is 0 Å². The summed E-state index contributed by atoms with van der Waals surface area (Å²) in [5.74, 6) is -1.84. The number of benzene rings is 1. The summed E-state index contributed by atoms with van der Waals surface area (Å²) in [5.41, 5.74) is -0.104. The Hall–Kier alpha value is -1.05. The molecule has 0 atom stereocenters. The molecular formula is C13H18F2N2O2S. The quantitative estimate of drug-likeness (QED) is 0.925. The van der Waals surface area contributed by atoms with Crippen molar-refractivity contribution in [2.24, 2.45) is 0 Å². The van der Waals surface area contributed by atoms with E-state index >= 15 is 0 Å². The average Bonchev–Trinajstić information content (AvgIpc) is 2.39. The fourth-order valence-corrected chi connectivity index (χ4v) is 3.78. The summed E-state index contributed by atoms with van der Waals surface area (Å²) >= 11 is 0. The third kappa shape index (κ3) is 2.84. The monoisotopic (exact) mass is 304 g/mol. The lowest BCUT2D eigenvalue weighted by Crippen LogP contribution is -2.51.